The topological polar surface area (TPSA) is 105 Å². The summed E-state index contributed by atoms with van der Waals surface area (Å²) in [5.74, 6) is -0.537. The molecule has 0 spiro atoms. The zero-order valence-electron chi connectivity index (χ0n) is 14.8. The molecule has 25 heavy (non-hydrogen) atoms. The van der Waals surface area contributed by atoms with E-state index in [1.807, 2.05) is 24.3 Å². The largest absolute Gasteiger partial charge is 0.444 e. The highest BCUT2D eigenvalue weighted by Crippen LogP contribution is 2.34. The number of hydrogen-bond donors (Lipinski definition) is 3. The van der Waals surface area contributed by atoms with E-state index >= 15 is 0 Å². The number of ether oxygens (including phenoxy) is 1. The van der Waals surface area contributed by atoms with Gasteiger partial charge in [0.25, 0.3) is 0 Å². The van der Waals surface area contributed by atoms with Gasteiger partial charge in [-0.3, -0.25) is 0 Å². The first kappa shape index (κ1) is 19.7. The van der Waals surface area contributed by atoms with Crippen LogP contribution in [0.2, 0.25) is 0 Å². The number of alkyl carbamates (subject to hydrolysis) is 1. The van der Waals surface area contributed by atoms with Crippen LogP contribution >= 0.6 is 0 Å². The summed E-state index contributed by atoms with van der Waals surface area (Å²) >= 11 is 0. The molecule has 0 radical (unpaired) electrons. The van der Waals surface area contributed by atoms with Gasteiger partial charge >= 0.3 is 6.09 Å². The fourth-order valence-corrected chi connectivity index (χ4v) is 4.40. The molecular formula is C17H26N2O5S. The van der Waals surface area contributed by atoms with Gasteiger partial charge in [-0.2, -0.15) is 0 Å². The van der Waals surface area contributed by atoms with E-state index in [9.17, 15) is 13.2 Å². The van der Waals surface area contributed by atoms with Gasteiger partial charge in [-0.15, -0.1) is 0 Å². The quantitative estimate of drug-likeness (QED) is 0.696. The lowest BCUT2D eigenvalue weighted by Gasteiger charge is -2.25. The fourth-order valence-electron chi connectivity index (χ4n) is 2.99. The minimum Gasteiger partial charge on any atom is -0.444 e. The lowest BCUT2D eigenvalue weighted by Crippen LogP contribution is -2.43. The molecule has 0 heterocycles. The van der Waals surface area contributed by atoms with E-state index in [1.165, 1.54) is 0 Å². The number of hydrogen-bond acceptors (Lipinski definition) is 5. The summed E-state index contributed by atoms with van der Waals surface area (Å²) in [6.07, 6.45) is -0.00805. The van der Waals surface area contributed by atoms with Crippen molar-refractivity contribution in [3.63, 3.8) is 0 Å². The molecule has 1 aromatic carbocycles. The number of fused-ring (bicyclic) bond motifs is 1. The number of carbonyl (C=O) groups is 1. The van der Waals surface area contributed by atoms with Crippen molar-refractivity contribution in [1.29, 1.82) is 0 Å². The Hall–Kier alpha value is -1.64. The maximum absolute atomic E-state index is 12.2. The Morgan fingerprint density at radius 2 is 2.00 bits per heavy atom. The maximum atomic E-state index is 12.2. The number of rotatable bonds is 6. The van der Waals surface area contributed by atoms with Gasteiger partial charge < -0.3 is 15.2 Å². The zero-order valence-corrected chi connectivity index (χ0v) is 15.6. The van der Waals surface area contributed by atoms with Gasteiger partial charge in [-0.05, 0) is 38.3 Å². The van der Waals surface area contributed by atoms with Gasteiger partial charge in [-0.1, -0.05) is 24.3 Å². The van der Waals surface area contributed by atoms with Gasteiger partial charge in [0.15, 0.2) is 0 Å². The highest BCUT2D eigenvalue weighted by atomic mass is 32.2. The fraction of sp³-hybridized carbons (Fsp3) is 0.588. The summed E-state index contributed by atoms with van der Waals surface area (Å²) in [4.78, 5) is 12.1. The van der Waals surface area contributed by atoms with Crippen molar-refractivity contribution in [2.45, 2.75) is 44.8 Å². The normalized spacial score (nSPS) is 20.2. The number of sulfonamides is 1. The van der Waals surface area contributed by atoms with E-state index in [4.69, 9.17) is 9.84 Å². The van der Waals surface area contributed by atoms with E-state index in [-0.39, 0.29) is 30.9 Å². The predicted molar refractivity (Wildman–Crippen MR) is 94.9 cm³/mol. The molecule has 3 N–H and O–H groups in total. The van der Waals surface area contributed by atoms with Crippen LogP contribution in [-0.4, -0.2) is 50.2 Å². The van der Waals surface area contributed by atoms with Crippen LogP contribution in [0.25, 0.3) is 0 Å². The van der Waals surface area contributed by atoms with E-state index < -0.39 is 21.7 Å². The Bertz CT molecular complexity index is 712. The molecule has 1 aromatic rings. The van der Waals surface area contributed by atoms with E-state index in [0.717, 1.165) is 11.1 Å². The van der Waals surface area contributed by atoms with Crippen LogP contribution in [0.15, 0.2) is 24.3 Å². The van der Waals surface area contributed by atoms with Crippen molar-refractivity contribution in [2.24, 2.45) is 0 Å². The van der Waals surface area contributed by atoms with Crippen molar-refractivity contribution in [3.05, 3.63) is 35.4 Å². The van der Waals surface area contributed by atoms with Crippen molar-refractivity contribution in [3.8, 4) is 0 Å². The van der Waals surface area contributed by atoms with Gasteiger partial charge in [0.05, 0.1) is 12.4 Å². The number of amides is 1. The van der Waals surface area contributed by atoms with Gasteiger partial charge in [0.2, 0.25) is 10.0 Å². The Kier molecular flexibility index (Phi) is 6.08. The van der Waals surface area contributed by atoms with Gasteiger partial charge in [0, 0.05) is 18.5 Å². The van der Waals surface area contributed by atoms with Crippen LogP contribution in [0.1, 0.15) is 37.8 Å². The monoisotopic (exact) mass is 370 g/mol. The number of benzene rings is 1. The third kappa shape index (κ3) is 5.69. The lowest BCUT2D eigenvalue weighted by atomic mass is 10.0. The molecule has 140 valence electrons. The van der Waals surface area contributed by atoms with Crippen LogP contribution in [0.3, 0.4) is 0 Å². The average Bonchev–Trinajstić information content (AvgIpc) is 2.80. The zero-order chi connectivity index (χ0) is 18.7. The number of aliphatic hydroxyl groups is 1. The molecule has 0 aliphatic heterocycles. The standard InChI is InChI=1S/C17H26N2O5S/c1-17(2,3)24-16(21)19-15-10-12-6-4-5-7-13(12)14(15)11-25(22,23)18-8-9-20/h4-7,14-15,18,20H,8-11H2,1-3H3,(H,19,21)/t14-,15?/m1/s1. The Balaban J connectivity index is 2.17. The number of aliphatic hydroxyl groups excluding tert-OH is 1. The summed E-state index contributed by atoms with van der Waals surface area (Å²) in [5.41, 5.74) is 1.31. The Morgan fingerprint density at radius 3 is 2.64 bits per heavy atom. The maximum Gasteiger partial charge on any atom is 0.407 e. The molecule has 1 aliphatic carbocycles. The number of nitrogens with one attached hydrogen (secondary N) is 2. The van der Waals surface area contributed by atoms with Crippen molar-refractivity contribution in [1.82, 2.24) is 10.0 Å². The summed E-state index contributed by atoms with van der Waals surface area (Å²) in [5, 5.41) is 11.6. The molecule has 1 amide bonds. The Labute approximate surface area is 148 Å². The Morgan fingerprint density at radius 1 is 1.32 bits per heavy atom. The first-order valence-corrected chi connectivity index (χ1v) is 9.92. The SMILES string of the molecule is CC(C)(C)OC(=O)NC1Cc2ccccc2[C@H]1CS(=O)(=O)NCCO. The number of carbonyl (C=O) groups excluding carboxylic acids is 1. The first-order valence-electron chi connectivity index (χ1n) is 8.27. The van der Waals surface area contributed by atoms with Crippen molar-refractivity contribution < 1.29 is 23.1 Å². The van der Waals surface area contributed by atoms with Crippen LogP contribution in [0.4, 0.5) is 4.79 Å². The molecule has 0 aromatic heterocycles. The summed E-state index contributed by atoms with van der Waals surface area (Å²) < 4.78 is 32.1. The molecule has 0 saturated heterocycles. The van der Waals surface area contributed by atoms with Crippen LogP contribution in [-0.2, 0) is 21.2 Å². The molecule has 0 saturated carbocycles. The average molecular weight is 370 g/mol. The third-order valence-corrected chi connectivity index (χ3v) is 5.36. The second kappa shape index (κ2) is 7.72. The minimum absolute atomic E-state index is 0.0269. The predicted octanol–water partition coefficient (Wildman–Crippen LogP) is 1.13. The first-order chi connectivity index (χ1) is 11.6. The lowest BCUT2D eigenvalue weighted by molar-refractivity contribution is 0.0501. The minimum atomic E-state index is -3.58. The van der Waals surface area contributed by atoms with E-state index in [2.05, 4.69) is 10.0 Å². The molecule has 1 aliphatic rings. The summed E-state index contributed by atoms with van der Waals surface area (Å²) in [7, 11) is -3.58. The second-order valence-corrected chi connectivity index (χ2v) is 9.01. The molecule has 2 rings (SSSR count). The van der Waals surface area contributed by atoms with Gasteiger partial charge in [-0.25, -0.2) is 17.9 Å². The molecule has 0 bridgehead atoms. The molecular weight excluding hydrogens is 344 g/mol. The summed E-state index contributed by atoms with van der Waals surface area (Å²) in [6.45, 7) is 5.03. The van der Waals surface area contributed by atoms with Gasteiger partial charge in [0.1, 0.15) is 5.60 Å². The molecule has 8 heteroatoms. The second-order valence-electron chi connectivity index (χ2n) is 7.16. The van der Waals surface area contributed by atoms with Crippen LogP contribution in [0.5, 0.6) is 0 Å². The van der Waals surface area contributed by atoms with Crippen molar-refractivity contribution >= 4 is 16.1 Å². The molecule has 0 fully saturated rings. The third-order valence-electron chi connectivity index (χ3n) is 3.91. The van der Waals surface area contributed by atoms with Crippen LogP contribution < -0.4 is 10.0 Å². The smallest absolute Gasteiger partial charge is 0.407 e. The molecule has 1 unspecified atom stereocenters. The molecule has 7 nitrogen and oxygen atoms in total. The van der Waals surface area contributed by atoms with Crippen molar-refractivity contribution in [2.75, 3.05) is 18.9 Å². The van der Waals surface area contributed by atoms with Crippen LogP contribution in [0, 0.1) is 0 Å². The summed E-state index contributed by atoms with van der Waals surface area (Å²) in [6, 6.07) is 7.21. The molecule has 2 atom stereocenters. The van der Waals surface area contributed by atoms with E-state index in [0.29, 0.717) is 6.42 Å². The highest BCUT2D eigenvalue weighted by molar-refractivity contribution is 7.89. The van der Waals surface area contributed by atoms with E-state index in [1.54, 1.807) is 20.8 Å². The highest BCUT2D eigenvalue weighted by Gasteiger charge is 2.37.